The monoisotopic (exact) mass is 481 g/mol. The second-order valence-corrected chi connectivity index (χ2v) is 8.41. The number of anilines is 1. The Morgan fingerprint density at radius 2 is 1.85 bits per heavy atom. The van der Waals surface area contributed by atoms with Gasteiger partial charge in [0, 0.05) is 34.3 Å². The summed E-state index contributed by atoms with van der Waals surface area (Å²) in [6.45, 7) is 0.660. The predicted octanol–water partition coefficient (Wildman–Crippen LogP) is 5.08. The lowest BCUT2D eigenvalue weighted by molar-refractivity contribution is -0.126. The molecule has 3 aromatic carbocycles. The number of hydrazone groups is 1. The molecule has 3 aromatic rings. The fourth-order valence-electron chi connectivity index (χ4n) is 3.45. The normalized spacial score (nSPS) is 15.8. The highest BCUT2D eigenvalue weighted by atomic mass is 35.5. The summed E-state index contributed by atoms with van der Waals surface area (Å²) in [4.78, 5) is 26.3. The van der Waals surface area contributed by atoms with Gasteiger partial charge in [0.2, 0.25) is 11.8 Å². The molecule has 2 amide bonds. The first kappa shape index (κ1) is 22.8. The molecule has 1 atom stereocenters. The first-order chi connectivity index (χ1) is 16.0. The van der Waals surface area contributed by atoms with Crippen LogP contribution in [0.2, 0.25) is 10.0 Å². The van der Waals surface area contributed by atoms with E-state index in [1.54, 1.807) is 35.4 Å². The molecule has 0 unspecified atom stereocenters. The number of carbonyl (C=O) groups excluding carboxylic acids is 2. The maximum absolute atomic E-state index is 12.4. The van der Waals surface area contributed by atoms with Crippen molar-refractivity contribution in [3.8, 4) is 5.75 Å². The molecule has 1 aliphatic rings. The molecule has 0 saturated carbocycles. The van der Waals surface area contributed by atoms with Crippen LogP contribution in [0.4, 0.5) is 5.69 Å². The van der Waals surface area contributed by atoms with Crippen molar-refractivity contribution in [3.05, 3.63) is 94.0 Å². The summed E-state index contributed by atoms with van der Waals surface area (Å²) in [6.07, 6.45) is 1.71. The molecule has 1 saturated heterocycles. The van der Waals surface area contributed by atoms with E-state index in [1.807, 2.05) is 48.5 Å². The topological polar surface area (TPSA) is 71.0 Å². The van der Waals surface area contributed by atoms with Crippen LogP contribution in [0.1, 0.15) is 17.5 Å². The van der Waals surface area contributed by atoms with E-state index < -0.39 is 5.92 Å². The number of nitrogens with zero attached hydrogens (tertiary/aromatic N) is 2. The molecule has 33 heavy (non-hydrogen) atoms. The number of rotatable bonds is 7. The van der Waals surface area contributed by atoms with Crippen LogP contribution >= 0.6 is 23.2 Å². The number of carbonyl (C=O) groups is 2. The molecule has 1 N–H and O–H groups in total. The third-order valence-electron chi connectivity index (χ3n) is 5.24. The summed E-state index contributed by atoms with van der Waals surface area (Å²) in [5.41, 5.74) is 4.96. The Kier molecular flexibility index (Phi) is 7.27. The van der Waals surface area contributed by atoms with Gasteiger partial charge in [-0.05, 0) is 54.1 Å². The van der Waals surface area contributed by atoms with Gasteiger partial charge in [-0.3, -0.25) is 9.59 Å². The zero-order chi connectivity index (χ0) is 23.2. The van der Waals surface area contributed by atoms with E-state index in [2.05, 4.69) is 10.5 Å². The van der Waals surface area contributed by atoms with Crippen molar-refractivity contribution in [2.24, 2.45) is 11.0 Å². The summed E-state index contributed by atoms with van der Waals surface area (Å²) in [7, 11) is 0. The van der Waals surface area contributed by atoms with Gasteiger partial charge in [0.15, 0.2) is 0 Å². The fraction of sp³-hybridized carbons (Fsp3) is 0.160. The number of ether oxygens (including phenoxy) is 1. The summed E-state index contributed by atoms with van der Waals surface area (Å²) >= 11 is 12.1. The first-order valence-electron chi connectivity index (χ1n) is 10.3. The van der Waals surface area contributed by atoms with E-state index in [0.717, 1.165) is 16.8 Å². The van der Waals surface area contributed by atoms with Gasteiger partial charge in [-0.15, -0.1) is 0 Å². The quantitative estimate of drug-likeness (QED) is 0.378. The number of nitrogens with one attached hydrogen (secondary N) is 1. The Labute approximate surface area is 201 Å². The molecule has 1 fully saturated rings. The number of hydrogen-bond acceptors (Lipinski definition) is 4. The largest absolute Gasteiger partial charge is 0.489 e. The SMILES string of the molecule is O=C(N/N=C\c1ccc(OCc2ccc(Cl)cc2Cl)cc1)[C@H]1CC(=O)N(c2ccccc2)C1. The molecule has 0 aliphatic carbocycles. The molecule has 0 bridgehead atoms. The second-order valence-electron chi connectivity index (χ2n) is 7.57. The van der Waals surface area contributed by atoms with Crippen LogP contribution in [0, 0.1) is 5.92 Å². The van der Waals surface area contributed by atoms with Gasteiger partial charge in [-0.1, -0.05) is 47.5 Å². The van der Waals surface area contributed by atoms with Gasteiger partial charge in [0.05, 0.1) is 12.1 Å². The van der Waals surface area contributed by atoms with Crippen LogP contribution in [0.3, 0.4) is 0 Å². The number of benzene rings is 3. The van der Waals surface area contributed by atoms with Gasteiger partial charge in [-0.25, -0.2) is 5.43 Å². The van der Waals surface area contributed by atoms with Crippen molar-refractivity contribution in [1.82, 2.24) is 5.43 Å². The van der Waals surface area contributed by atoms with Crippen LogP contribution < -0.4 is 15.1 Å². The van der Waals surface area contributed by atoms with E-state index >= 15 is 0 Å². The zero-order valence-corrected chi connectivity index (χ0v) is 19.1. The predicted molar refractivity (Wildman–Crippen MR) is 130 cm³/mol. The average molecular weight is 482 g/mol. The minimum atomic E-state index is -0.440. The van der Waals surface area contributed by atoms with Gasteiger partial charge < -0.3 is 9.64 Å². The Bertz CT molecular complexity index is 1170. The highest BCUT2D eigenvalue weighted by Crippen LogP contribution is 2.25. The van der Waals surface area contributed by atoms with E-state index in [-0.39, 0.29) is 18.2 Å². The number of amides is 2. The van der Waals surface area contributed by atoms with Crippen molar-refractivity contribution in [3.63, 3.8) is 0 Å². The molecule has 0 spiro atoms. The molecule has 4 rings (SSSR count). The Hall–Kier alpha value is -3.35. The summed E-state index contributed by atoms with van der Waals surface area (Å²) < 4.78 is 5.76. The summed E-state index contributed by atoms with van der Waals surface area (Å²) in [5, 5.41) is 5.16. The van der Waals surface area contributed by atoms with Crippen molar-refractivity contribution in [2.75, 3.05) is 11.4 Å². The van der Waals surface area contributed by atoms with Gasteiger partial charge >= 0.3 is 0 Å². The third kappa shape index (κ3) is 5.92. The lowest BCUT2D eigenvalue weighted by Crippen LogP contribution is -2.30. The second kappa shape index (κ2) is 10.5. The maximum Gasteiger partial charge on any atom is 0.245 e. The van der Waals surface area contributed by atoms with Crippen molar-refractivity contribution in [2.45, 2.75) is 13.0 Å². The van der Waals surface area contributed by atoms with Crippen LogP contribution in [0.25, 0.3) is 0 Å². The number of halogens is 2. The van der Waals surface area contributed by atoms with Gasteiger partial charge in [-0.2, -0.15) is 5.10 Å². The van der Waals surface area contributed by atoms with E-state index in [1.165, 1.54) is 0 Å². The molecule has 8 heteroatoms. The third-order valence-corrected chi connectivity index (χ3v) is 5.83. The lowest BCUT2D eigenvalue weighted by Gasteiger charge is -2.16. The first-order valence-corrected chi connectivity index (χ1v) is 11.1. The molecule has 1 heterocycles. The molecule has 168 valence electrons. The highest BCUT2D eigenvalue weighted by molar-refractivity contribution is 6.35. The van der Waals surface area contributed by atoms with Crippen LogP contribution in [0.5, 0.6) is 5.75 Å². The van der Waals surface area contributed by atoms with Gasteiger partial charge in [0.25, 0.3) is 0 Å². The Morgan fingerprint density at radius 3 is 2.58 bits per heavy atom. The smallest absolute Gasteiger partial charge is 0.245 e. The van der Waals surface area contributed by atoms with Gasteiger partial charge in [0.1, 0.15) is 12.4 Å². The molecule has 6 nitrogen and oxygen atoms in total. The van der Waals surface area contributed by atoms with Crippen molar-refractivity contribution >= 4 is 46.9 Å². The minimum Gasteiger partial charge on any atom is -0.489 e. The maximum atomic E-state index is 12.4. The lowest BCUT2D eigenvalue weighted by atomic mass is 10.1. The van der Waals surface area contributed by atoms with E-state index in [0.29, 0.717) is 28.9 Å². The van der Waals surface area contributed by atoms with E-state index in [4.69, 9.17) is 27.9 Å². The standard InChI is InChI=1S/C25H21Cl2N3O3/c26-20-9-8-18(23(27)13-20)16-33-22-10-6-17(7-11-22)14-28-29-25(32)19-12-24(31)30(15-19)21-4-2-1-3-5-21/h1-11,13-14,19H,12,15-16H2,(H,29,32)/b28-14-/t19-/m0/s1. The van der Waals surface area contributed by atoms with Crippen LogP contribution in [-0.2, 0) is 16.2 Å². The summed E-state index contributed by atoms with van der Waals surface area (Å²) in [5.74, 6) is -0.114. The summed E-state index contributed by atoms with van der Waals surface area (Å²) in [6, 6.07) is 21.9. The van der Waals surface area contributed by atoms with Crippen molar-refractivity contribution in [1.29, 1.82) is 0 Å². The molecule has 0 radical (unpaired) electrons. The Morgan fingerprint density at radius 1 is 1.09 bits per heavy atom. The highest BCUT2D eigenvalue weighted by Gasteiger charge is 2.34. The molecule has 0 aromatic heterocycles. The Balaban J connectivity index is 1.27. The number of hydrogen-bond donors (Lipinski definition) is 1. The fourth-order valence-corrected chi connectivity index (χ4v) is 3.92. The number of para-hydroxylation sites is 1. The molecular weight excluding hydrogens is 461 g/mol. The average Bonchev–Trinajstić information content (AvgIpc) is 3.21. The zero-order valence-electron chi connectivity index (χ0n) is 17.6. The van der Waals surface area contributed by atoms with Crippen molar-refractivity contribution < 1.29 is 14.3 Å². The molecule has 1 aliphatic heterocycles. The van der Waals surface area contributed by atoms with Crippen LogP contribution in [0.15, 0.2) is 77.9 Å². The van der Waals surface area contributed by atoms with E-state index in [9.17, 15) is 9.59 Å². The molecular formula is C25H21Cl2N3O3. The van der Waals surface area contributed by atoms with Crippen LogP contribution in [-0.4, -0.2) is 24.6 Å². The minimum absolute atomic E-state index is 0.0687.